The molecule has 0 saturated carbocycles. The lowest BCUT2D eigenvalue weighted by molar-refractivity contribution is -0.133. The highest BCUT2D eigenvalue weighted by atomic mass is 35.5. The molecule has 2 unspecified atom stereocenters. The monoisotopic (exact) mass is 514 g/mol. The molecular formula is C25H24ClFN4O5. The van der Waals surface area contributed by atoms with Gasteiger partial charge in [0.1, 0.15) is 23.4 Å². The van der Waals surface area contributed by atoms with Crippen molar-refractivity contribution in [3.05, 3.63) is 89.0 Å². The molecule has 4 rings (SSSR count). The second kappa shape index (κ2) is 11.3. The van der Waals surface area contributed by atoms with Crippen LogP contribution in [0, 0.1) is 5.82 Å². The van der Waals surface area contributed by atoms with Gasteiger partial charge in [0.15, 0.2) is 5.82 Å². The van der Waals surface area contributed by atoms with Crippen LogP contribution in [0.25, 0.3) is 0 Å². The molecule has 3 aromatic rings. The standard InChI is InChI=1S/C25H24ClFN4O5/c26-20-3-1-2-4-22(20)36-19-12-24(34)31(14-19)21(11-16-5-7-17(27)8-6-16)25(35)28-23-9-10-30(29-23)13-18(33)15-32/h1-10,12,18,21,32-33H,11,13-15H2,(H,28,29,35). The normalized spacial score (nSPS) is 14.9. The van der Waals surface area contributed by atoms with Crippen molar-refractivity contribution in [3.8, 4) is 5.75 Å². The Morgan fingerprint density at radius 1 is 1.19 bits per heavy atom. The number of nitrogens with zero attached hydrogens (tertiary/aromatic N) is 3. The number of aliphatic hydroxyl groups is 2. The number of ether oxygens (including phenoxy) is 1. The van der Waals surface area contributed by atoms with E-state index in [9.17, 15) is 19.1 Å². The van der Waals surface area contributed by atoms with Gasteiger partial charge in [0, 0.05) is 24.8 Å². The number of para-hydroxylation sites is 1. The lowest BCUT2D eigenvalue weighted by Gasteiger charge is -2.27. The molecular weight excluding hydrogens is 491 g/mol. The lowest BCUT2D eigenvalue weighted by atomic mass is 10.0. The quantitative estimate of drug-likeness (QED) is 0.382. The van der Waals surface area contributed by atoms with Crippen LogP contribution in [0.15, 0.2) is 72.6 Å². The van der Waals surface area contributed by atoms with Gasteiger partial charge in [-0.2, -0.15) is 5.10 Å². The first kappa shape index (κ1) is 25.4. The summed E-state index contributed by atoms with van der Waals surface area (Å²) < 4.78 is 20.6. The number of amides is 2. The highest BCUT2D eigenvalue weighted by molar-refractivity contribution is 6.32. The minimum Gasteiger partial charge on any atom is -0.458 e. The van der Waals surface area contributed by atoms with E-state index >= 15 is 0 Å². The summed E-state index contributed by atoms with van der Waals surface area (Å²) in [4.78, 5) is 27.6. The van der Waals surface area contributed by atoms with Gasteiger partial charge in [-0.05, 0) is 29.8 Å². The SMILES string of the molecule is O=C(Nc1ccn(CC(O)CO)n1)C(Cc1ccc(F)cc1)N1CC(Oc2ccccc2Cl)=CC1=O. The van der Waals surface area contributed by atoms with Gasteiger partial charge in [0.2, 0.25) is 5.91 Å². The van der Waals surface area contributed by atoms with Crippen molar-refractivity contribution < 1.29 is 28.9 Å². The Morgan fingerprint density at radius 2 is 1.94 bits per heavy atom. The lowest BCUT2D eigenvalue weighted by Crippen LogP contribution is -2.47. The number of carbonyl (C=O) groups is 2. The average molecular weight is 515 g/mol. The van der Waals surface area contributed by atoms with Crippen molar-refractivity contribution in [2.24, 2.45) is 0 Å². The van der Waals surface area contributed by atoms with E-state index in [1.807, 2.05) is 0 Å². The Hall–Kier alpha value is -3.73. The first-order chi connectivity index (χ1) is 17.3. The van der Waals surface area contributed by atoms with Gasteiger partial charge in [-0.3, -0.25) is 14.3 Å². The summed E-state index contributed by atoms with van der Waals surface area (Å²) >= 11 is 6.16. The highest BCUT2D eigenvalue weighted by Gasteiger charge is 2.35. The van der Waals surface area contributed by atoms with Crippen LogP contribution < -0.4 is 10.1 Å². The second-order valence-corrected chi connectivity index (χ2v) is 8.61. The number of hydrogen-bond acceptors (Lipinski definition) is 6. The van der Waals surface area contributed by atoms with Gasteiger partial charge >= 0.3 is 0 Å². The summed E-state index contributed by atoms with van der Waals surface area (Å²) in [6.45, 7) is -0.354. The minimum absolute atomic E-state index is 0.0282. The third kappa shape index (κ3) is 6.28. The summed E-state index contributed by atoms with van der Waals surface area (Å²) in [5.74, 6) is -0.419. The number of carbonyl (C=O) groups excluding carboxylic acids is 2. The van der Waals surface area contributed by atoms with Crippen LogP contribution in [0.5, 0.6) is 5.75 Å². The van der Waals surface area contributed by atoms with Crippen molar-refractivity contribution in [2.45, 2.75) is 25.1 Å². The van der Waals surface area contributed by atoms with Gasteiger partial charge in [-0.15, -0.1) is 0 Å². The van der Waals surface area contributed by atoms with E-state index in [1.54, 1.807) is 42.6 Å². The molecule has 11 heteroatoms. The maximum atomic E-state index is 13.4. The number of benzene rings is 2. The van der Waals surface area contributed by atoms with Crippen molar-refractivity contribution >= 4 is 29.2 Å². The number of rotatable bonds is 10. The van der Waals surface area contributed by atoms with E-state index in [0.29, 0.717) is 22.1 Å². The van der Waals surface area contributed by atoms with E-state index < -0.39 is 36.4 Å². The molecule has 0 bridgehead atoms. The molecule has 1 aromatic heterocycles. The zero-order valence-electron chi connectivity index (χ0n) is 19.1. The number of nitrogens with one attached hydrogen (secondary N) is 1. The molecule has 36 heavy (non-hydrogen) atoms. The molecule has 0 spiro atoms. The molecule has 2 heterocycles. The van der Waals surface area contributed by atoms with Crippen LogP contribution in [-0.4, -0.2) is 62.0 Å². The molecule has 1 aliphatic heterocycles. The third-order valence-electron chi connectivity index (χ3n) is 5.49. The van der Waals surface area contributed by atoms with E-state index in [2.05, 4.69) is 10.4 Å². The highest BCUT2D eigenvalue weighted by Crippen LogP contribution is 2.28. The summed E-state index contributed by atoms with van der Waals surface area (Å²) in [7, 11) is 0. The first-order valence-corrected chi connectivity index (χ1v) is 11.5. The van der Waals surface area contributed by atoms with Crippen LogP contribution in [0.3, 0.4) is 0 Å². The van der Waals surface area contributed by atoms with Crippen molar-refractivity contribution in [2.75, 3.05) is 18.5 Å². The Labute approximate surface area is 211 Å². The fourth-order valence-corrected chi connectivity index (χ4v) is 3.88. The average Bonchev–Trinajstić information content (AvgIpc) is 3.45. The van der Waals surface area contributed by atoms with Crippen LogP contribution in [0.4, 0.5) is 10.2 Å². The summed E-state index contributed by atoms with van der Waals surface area (Å²) in [6, 6.07) is 13.1. The number of aromatic nitrogens is 2. The smallest absolute Gasteiger partial charge is 0.251 e. The molecule has 9 nitrogen and oxygen atoms in total. The Balaban J connectivity index is 1.51. The van der Waals surface area contributed by atoms with Gasteiger partial charge in [-0.1, -0.05) is 35.9 Å². The Bertz CT molecular complexity index is 1260. The molecule has 0 radical (unpaired) electrons. The van der Waals surface area contributed by atoms with Crippen LogP contribution >= 0.6 is 11.6 Å². The van der Waals surface area contributed by atoms with Crippen LogP contribution in [0.1, 0.15) is 5.56 Å². The van der Waals surface area contributed by atoms with E-state index in [1.165, 1.54) is 33.9 Å². The molecule has 2 aromatic carbocycles. The van der Waals surface area contributed by atoms with Crippen molar-refractivity contribution in [3.63, 3.8) is 0 Å². The van der Waals surface area contributed by atoms with Crippen LogP contribution in [0.2, 0.25) is 5.02 Å². The fourth-order valence-electron chi connectivity index (χ4n) is 3.71. The Morgan fingerprint density at radius 3 is 2.67 bits per heavy atom. The van der Waals surface area contributed by atoms with Crippen molar-refractivity contribution in [1.82, 2.24) is 14.7 Å². The molecule has 2 atom stereocenters. The van der Waals surface area contributed by atoms with Gasteiger partial charge in [0.25, 0.3) is 5.91 Å². The number of hydrogen-bond donors (Lipinski definition) is 3. The predicted molar refractivity (Wildman–Crippen MR) is 130 cm³/mol. The zero-order valence-corrected chi connectivity index (χ0v) is 19.8. The summed E-state index contributed by atoms with van der Waals surface area (Å²) in [6.07, 6.45) is 1.97. The number of halogens is 2. The number of aliphatic hydroxyl groups excluding tert-OH is 2. The topological polar surface area (TPSA) is 117 Å². The molecule has 0 fully saturated rings. The molecule has 3 N–H and O–H groups in total. The maximum absolute atomic E-state index is 13.4. The van der Waals surface area contributed by atoms with Gasteiger partial charge < -0.3 is 25.2 Å². The molecule has 188 valence electrons. The molecule has 0 aliphatic carbocycles. The summed E-state index contributed by atoms with van der Waals surface area (Å²) in [5, 5.41) is 25.9. The van der Waals surface area contributed by atoms with E-state index in [0.717, 1.165) is 0 Å². The van der Waals surface area contributed by atoms with Gasteiger partial charge in [0.05, 0.1) is 30.8 Å². The minimum atomic E-state index is -0.996. The van der Waals surface area contributed by atoms with Gasteiger partial charge in [-0.25, -0.2) is 4.39 Å². The van der Waals surface area contributed by atoms with Crippen LogP contribution in [-0.2, 0) is 22.6 Å². The predicted octanol–water partition coefficient (Wildman–Crippen LogP) is 2.38. The zero-order chi connectivity index (χ0) is 25.7. The number of anilines is 1. The Kier molecular flexibility index (Phi) is 7.99. The third-order valence-corrected chi connectivity index (χ3v) is 5.81. The fraction of sp³-hybridized carbons (Fsp3) is 0.240. The summed E-state index contributed by atoms with van der Waals surface area (Å²) in [5.41, 5.74) is 0.654. The molecule has 2 amide bonds. The van der Waals surface area contributed by atoms with E-state index in [4.69, 9.17) is 21.4 Å². The largest absolute Gasteiger partial charge is 0.458 e. The second-order valence-electron chi connectivity index (χ2n) is 8.20. The molecule has 0 saturated heterocycles. The van der Waals surface area contributed by atoms with E-state index in [-0.39, 0.29) is 25.3 Å². The molecule has 1 aliphatic rings. The first-order valence-electron chi connectivity index (χ1n) is 11.1. The van der Waals surface area contributed by atoms with Crippen molar-refractivity contribution in [1.29, 1.82) is 0 Å². The maximum Gasteiger partial charge on any atom is 0.251 e.